The van der Waals surface area contributed by atoms with Gasteiger partial charge in [0.1, 0.15) is 0 Å². The van der Waals surface area contributed by atoms with E-state index in [2.05, 4.69) is 72.8 Å². The second-order valence-corrected chi connectivity index (χ2v) is 8.75. The fourth-order valence-electron chi connectivity index (χ4n) is 5.11. The Hall–Kier alpha value is -1.30. The molecule has 3 aliphatic rings. The van der Waals surface area contributed by atoms with Crippen LogP contribution in [0.5, 0.6) is 0 Å². The first kappa shape index (κ1) is 17.5. The highest BCUT2D eigenvalue weighted by Gasteiger charge is 2.46. The SMILES string of the molecule is CCC1(C)/C=C/C(C)=C\C2=C(C)C3=C(C2)CC(C)C=C3C1(C)CC. The first-order chi connectivity index (χ1) is 11.3. The fourth-order valence-corrected chi connectivity index (χ4v) is 5.11. The van der Waals surface area contributed by atoms with Gasteiger partial charge in [0, 0.05) is 5.41 Å². The van der Waals surface area contributed by atoms with Crippen LogP contribution in [0.1, 0.15) is 74.1 Å². The lowest BCUT2D eigenvalue weighted by Gasteiger charge is -2.48. The van der Waals surface area contributed by atoms with Crippen molar-refractivity contribution in [2.24, 2.45) is 16.7 Å². The molecule has 0 spiro atoms. The van der Waals surface area contributed by atoms with Crippen molar-refractivity contribution in [3.8, 4) is 0 Å². The molecule has 0 amide bonds. The maximum absolute atomic E-state index is 2.61. The lowest BCUT2D eigenvalue weighted by Crippen LogP contribution is -2.39. The summed E-state index contributed by atoms with van der Waals surface area (Å²) in [6, 6.07) is 0. The van der Waals surface area contributed by atoms with Crippen LogP contribution in [0.25, 0.3) is 0 Å². The predicted octanol–water partition coefficient (Wildman–Crippen LogP) is 7.32. The van der Waals surface area contributed by atoms with Gasteiger partial charge in [-0.15, -0.1) is 0 Å². The van der Waals surface area contributed by atoms with Crippen LogP contribution in [0.4, 0.5) is 0 Å². The number of hydrogen-bond donors (Lipinski definition) is 0. The molecule has 3 atom stereocenters. The molecule has 0 aromatic rings. The molecule has 0 nitrogen and oxygen atoms in total. The molecule has 0 heterocycles. The van der Waals surface area contributed by atoms with Crippen LogP contribution in [0.15, 0.2) is 57.7 Å². The topological polar surface area (TPSA) is 0 Å². The van der Waals surface area contributed by atoms with Crippen LogP contribution in [0, 0.1) is 16.7 Å². The Balaban J connectivity index is 2.32. The van der Waals surface area contributed by atoms with Gasteiger partial charge in [-0.25, -0.2) is 0 Å². The summed E-state index contributed by atoms with van der Waals surface area (Å²) in [7, 11) is 0. The normalized spacial score (nSPS) is 39.5. The molecule has 24 heavy (non-hydrogen) atoms. The average Bonchev–Trinajstić information content (AvgIpc) is 2.85. The summed E-state index contributed by atoms with van der Waals surface area (Å²) in [6.07, 6.45) is 14.7. The molecular formula is C24H34. The molecule has 0 N–H and O–H groups in total. The predicted molar refractivity (Wildman–Crippen MR) is 106 cm³/mol. The van der Waals surface area contributed by atoms with Crippen molar-refractivity contribution in [1.29, 1.82) is 0 Å². The molecule has 0 aromatic heterocycles. The largest absolute Gasteiger partial charge is 0.0775 e. The van der Waals surface area contributed by atoms with Gasteiger partial charge in [-0.3, -0.25) is 0 Å². The third kappa shape index (κ3) is 2.41. The standard InChI is InChI=1S/C24H34/c1-8-23(6)11-10-16(3)12-19-15-20-13-17(4)14-21(22(20)18(19)5)24(23,7)9-2/h10-12,14,17H,8-9,13,15H2,1-7H3/b11-10+,16-12-. The number of allylic oxidation sites excluding steroid dienone is 10. The monoisotopic (exact) mass is 322 g/mol. The maximum Gasteiger partial charge on any atom is 0.00133 e. The van der Waals surface area contributed by atoms with E-state index in [1.165, 1.54) is 30.4 Å². The summed E-state index contributed by atoms with van der Waals surface area (Å²) in [5.41, 5.74) is 9.77. The van der Waals surface area contributed by atoms with Crippen LogP contribution >= 0.6 is 0 Å². The van der Waals surface area contributed by atoms with Gasteiger partial charge in [0.15, 0.2) is 0 Å². The molecule has 2 bridgehead atoms. The Kier molecular flexibility index (Phi) is 4.31. The van der Waals surface area contributed by atoms with Crippen LogP contribution in [0.2, 0.25) is 0 Å². The van der Waals surface area contributed by atoms with E-state index in [1.54, 1.807) is 22.3 Å². The molecule has 130 valence electrons. The average molecular weight is 323 g/mol. The van der Waals surface area contributed by atoms with E-state index in [0.29, 0.717) is 5.92 Å². The summed E-state index contributed by atoms with van der Waals surface area (Å²) in [4.78, 5) is 0. The highest BCUT2D eigenvalue weighted by Crippen LogP contribution is 2.58. The van der Waals surface area contributed by atoms with Gasteiger partial charge in [-0.1, -0.05) is 70.1 Å². The van der Waals surface area contributed by atoms with E-state index >= 15 is 0 Å². The van der Waals surface area contributed by atoms with E-state index < -0.39 is 0 Å². The molecular weight excluding hydrogens is 288 g/mol. The molecule has 0 saturated heterocycles. The van der Waals surface area contributed by atoms with Crippen molar-refractivity contribution < 1.29 is 0 Å². The molecule has 0 aliphatic heterocycles. The van der Waals surface area contributed by atoms with E-state index in [1.807, 2.05) is 0 Å². The first-order valence-corrected chi connectivity index (χ1v) is 9.78. The van der Waals surface area contributed by atoms with Gasteiger partial charge >= 0.3 is 0 Å². The zero-order valence-corrected chi connectivity index (χ0v) is 16.7. The fraction of sp³-hybridized carbons (Fsp3) is 0.583. The van der Waals surface area contributed by atoms with Crippen LogP contribution in [-0.2, 0) is 0 Å². The first-order valence-electron chi connectivity index (χ1n) is 9.78. The van der Waals surface area contributed by atoms with Gasteiger partial charge in [0.05, 0.1) is 0 Å². The molecule has 3 unspecified atom stereocenters. The third-order valence-electron chi connectivity index (χ3n) is 7.32. The Morgan fingerprint density at radius 2 is 1.83 bits per heavy atom. The Morgan fingerprint density at radius 1 is 1.12 bits per heavy atom. The Labute approximate surface area is 149 Å². The summed E-state index contributed by atoms with van der Waals surface area (Å²) in [5.74, 6) is 0.660. The zero-order chi connectivity index (χ0) is 17.7. The minimum absolute atomic E-state index is 0.179. The minimum atomic E-state index is 0.179. The number of hydrogen-bond acceptors (Lipinski definition) is 0. The van der Waals surface area contributed by atoms with Crippen molar-refractivity contribution in [3.63, 3.8) is 0 Å². The second kappa shape index (κ2) is 5.90. The van der Waals surface area contributed by atoms with Gasteiger partial charge in [0.25, 0.3) is 0 Å². The molecule has 0 radical (unpaired) electrons. The van der Waals surface area contributed by atoms with Crippen LogP contribution < -0.4 is 0 Å². The minimum Gasteiger partial charge on any atom is -0.0775 e. The molecule has 3 aliphatic carbocycles. The lowest BCUT2D eigenvalue weighted by molar-refractivity contribution is 0.154. The van der Waals surface area contributed by atoms with Crippen molar-refractivity contribution in [1.82, 2.24) is 0 Å². The quantitative estimate of drug-likeness (QED) is 0.499. The van der Waals surface area contributed by atoms with Gasteiger partial charge in [-0.2, -0.15) is 0 Å². The summed E-state index contributed by atoms with van der Waals surface area (Å²) in [5, 5.41) is 0. The van der Waals surface area contributed by atoms with Crippen LogP contribution in [-0.4, -0.2) is 0 Å². The van der Waals surface area contributed by atoms with E-state index in [9.17, 15) is 0 Å². The van der Waals surface area contributed by atoms with Crippen molar-refractivity contribution in [2.45, 2.75) is 74.1 Å². The molecule has 0 heteroatoms. The number of rotatable bonds is 2. The summed E-state index contributed by atoms with van der Waals surface area (Å²) < 4.78 is 0. The molecule has 3 rings (SSSR count). The van der Waals surface area contributed by atoms with E-state index in [-0.39, 0.29) is 10.8 Å². The van der Waals surface area contributed by atoms with Gasteiger partial charge in [-0.05, 0) is 73.2 Å². The zero-order valence-electron chi connectivity index (χ0n) is 16.7. The third-order valence-corrected chi connectivity index (χ3v) is 7.32. The maximum atomic E-state index is 2.61. The van der Waals surface area contributed by atoms with Gasteiger partial charge in [0.2, 0.25) is 0 Å². The van der Waals surface area contributed by atoms with Gasteiger partial charge < -0.3 is 0 Å². The molecule has 0 aromatic carbocycles. The molecule has 0 fully saturated rings. The van der Waals surface area contributed by atoms with Crippen molar-refractivity contribution in [2.75, 3.05) is 0 Å². The summed E-state index contributed by atoms with van der Waals surface area (Å²) in [6.45, 7) is 16.7. The Morgan fingerprint density at radius 3 is 2.46 bits per heavy atom. The van der Waals surface area contributed by atoms with Crippen LogP contribution in [0.3, 0.4) is 0 Å². The Bertz CT molecular complexity index is 706. The highest BCUT2D eigenvalue weighted by atomic mass is 14.5. The second-order valence-electron chi connectivity index (χ2n) is 8.75. The smallest absolute Gasteiger partial charge is 0.00133 e. The summed E-state index contributed by atoms with van der Waals surface area (Å²) >= 11 is 0. The highest BCUT2D eigenvalue weighted by molar-refractivity contribution is 5.63. The lowest BCUT2D eigenvalue weighted by atomic mass is 9.55. The van der Waals surface area contributed by atoms with Crippen molar-refractivity contribution in [3.05, 3.63) is 57.7 Å². The van der Waals surface area contributed by atoms with E-state index in [4.69, 9.17) is 0 Å². The molecule has 0 saturated carbocycles. The van der Waals surface area contributed by atoms with Crippen molar-refractivity contribution >= 4 is 0 Å². The van der Waals surface area contributed by atoms with E-state index in [0.717, 1.165) is 6.42 Å².